The normalized spacial score (nSPS) is 12.5. The van der Waals surface area contributed by atoms with Crippen molar-refractivity contribution in [3.8, 4) is 0 Å². The third-order valence-electron chi connectivity index (χ3n) is 6.33. The van der Waals surface area contributed by atoms with Crippen molar-refractivity contribution in [1.82, 2.24) is 31.9 Å². The molecule has 3 amide bonds. The lowest BCUT2D eigenvalue weighted by Crippen LogP contribution is -2.48. The SMILES string of the molecule is C=CCC(NC)C(=O)OCOC(=O)C(CC=C)NC(=O)CC(=O)NC(CCNC(=N)N)C(=O)OCOC(=O)C(CCNC(=N)N)NC(=O)CC(C)=O. The quantitative estimate of drug-likeness (QED) is 0.0102. The predicted molar refractivity (Wildman–Crippen MR) is 181 cm³/mol. The first-order chi connectivity index (χ1) is 24.5. The van der Waals surface area contributed by atoms with Gasteiger partial charge in [-0.3, -0.25) is 34.8 Å². The maximum absolute atomic E-state index is 12.8. The molecule has 0 saturated carbocycles. The van der Waals surface area contributed by atoms with Crippen LogP contribution in [0.25, 0.3) is 0 Å². The topological polar surface area (TPSA) is 345 Å². The van der Waals surface area contributed by atoms with Crippen LogP contribution in [0, 0.1) is 10.8 Å². The maximum atomic E-state index is 12.8. The highest BCUT2D eigenvalue weighted by Gasteiger charge is 2.28. The van der Waals surface area contributed by atoms with Gasteiger partial charge in [-0.05, 0) is 39.7 Å². The second kappa shape index (κ2) is 25.8. The van der Waals surface area contributed by atoms with Crippen molar-refractivity contribution >= 4 is 59.3 Å². The Balaban J connectivity index is 5.33. The molecule has 22 nitrogen and oxygen atoms in total. The molecule has 0 heterocycles. The summed E-state index contributed by atoms with van der Waals surface area (Å²) >= 11 is 0. The molecule has 0 aromatic carbocycles. The summed E-state index contributed by atoms with van der Waals surface area (Å²) in [5.74, 6) is -7.95. The van der Waals surface area contributed by atoms with E-state index in [1.165, 1.54) is 26.1 Å². The third kappa shape index (κ3) is 21.1. The summed E-state index contributed by atoms with van der Waals surface area (Å²) in [5, 5.41) is 28.9. The van der Waals surface area contributed by atoms with Gasteiger partial charge in [0.1, 0.15) is 36.4 Å². The van der Waals surface area contributed by atoms with Crippen molar-refractivity contribution in [2.45, 2.75) is 69.6 Å². The molecule has 0 aliphatic rings. The highest BCUT2D eigenvalue weighted by Crippen LogP contribution is 2.03. The number of nitrogens with two attached hydrogens (primary N) is 2. The van der Waals surface area contributed by atoms with E-state index in [9.17, 15) is 38.4 Å². The Bertz CT molecular complexity index is 1330. The number of hydrogen-bond donors (Lipinski definition) is 10. The van der Waals surface area contributed by atoms with E-state index >= 15 is 0 Å². The van der Waals surface area contributed by atoms with Crippen molar-refractivity contribution in [2.24, 2.45) is 11.5 Å². The Morgan fingerprint density at radius 3 is 1.33 bits per heavy atom. The zero-order valence-corrected chi connectivity index (χ0v) is 29.0. The average molecular weight is 741 g/mol. The molecule has 0 radical (unpaired) electrons. The van der Waals surface area contributed by atoms with E-state index in [0.717, 1.165) is 0 Å². The molecule has 22 heteroatoms. The van der Waals surface area contributed by atoms with Crippen LogP contribution in [-0.2, 0) is 57.3 Å². The molecule has 12 N–H and O–H groups in total. The van der Waals surface area contributed by atoms with E-state index in [0.29, 0.717) is 0 Å². The summed E-state index contributed by atoms with van der Waals surface area (Å²) in [4.78, 5) is 98.6. The van der Waals surface area contributed by atoms with Gasteiger partial charge in [0.25, 0.3) is 0 Å². The van der Waals surface area contributed by atoms with E-state index in [1.807, 2.05) is 0 Å². The van der Waals surface area contributed by atoms with Gasteiger partial charge in [-0.15, -0.1) is 13.2 Å². The Morgan fingerprint density at radius 1 is 0.615 bits per heavy atom. The first kappa shape index (κ1) is 45.9. The molecule has 4 unspecified atom stereocenters. The average Bonchev–Trinajstić information content (AvgIpc) is 3.04. The van der Waals surface area contributed by atoms with Crippen LogP contribution < -0.4 is 43.4 Å². The summed E-state index contributed by atoms with van der Waals surface area (Å²) in [6.07, 6.45) is 1.19. The molecular formula is C30H48N10O12. The minimum atomic E-state index is -1.46. The number of ketones is 1. The van der Waals surface area contributed by atoms with Gasteiger partial charge in [0.15, 0.2) is 11.9 Å². The lowest BCUT2D eigenvalue weighted by molar-refractivity contribution is -0.172. The van der Waals surface area contributed by atoms with Crippen LogP contribution in [0.15, 0.2) is 25.3 Å². The number of Topliss-reactive ketones (excluding diaryl/α,β-unsaturated/α-hetero) is 1. The van der Waals surface area contributed by atoms with Gasteiger partial charge in [0.2, 0.25) is 31.3 Å². The predicted octanol–water partition coefficient (Wildman–Crippen LogP) is -3.62. The zero-order valence-electron chi connectivity index (χ0n) is 29.0. The highest BCUT2D eigenvalue weighted by atomic mass is 16.7. The van der Waals surface area contributed by atoms with E-state index < -0.39 is 110 Å². The maximum Gasteiger partial charge on any atom is 0.331 e. The summed E-state index contributed by atoms with van der Waals surface area (Å²) in [5.41, 5.74) is 10.5. The van der Waals surface area contributed by atoms with Crippen molar-refractivity contribution < 1.29 is 57.3 Å². The fourth-order valence-corrected chi connectivity index (χ4v) is 3.88. The number of carbonyl (C=O) groups is 8. The van der Waals surface area contributed by atoms with Crippen LogP contribution in [0.1, 0.15) is 45.4 Å². The molecule has 0 spiro atoms. The van der Waals surface area contributed by atoms with Crippen LogP contribution in [0.2, 0.25) is 0 Å². The number of nitrogens with one attached hydrogen (secondary N) is 8. The molecule has 0 fully saturated rings. The van der Waals surface area contributed by atoms with Gasteiger partial charge in [-0.25, -0.2) is 14.4 Å². The molecular weight excluding hydrogens is 692 g/mol. The van der Waals surface area contributed by atoms with E-state index in [1.54, 1.807) is 0 Å². The Hall–Kier alpha value is -6.06. The van der Waals surface area contributed by atoms with Gasteiger partial charge < -0.3 is 62.3 Å². The summed E-state index contributed by atoms with van der Waals surface area (Å²) in [6, 6.07) is -4.81. The van der Waals surface area contributed by atoms with Gasteiger partial charge in [-0.2, -0.15) is 0 Å². The second-order valence-electron chi connectivity index (χ2n) is 10.7. The molecule has 0 aromatic heterocycles. The number of hydrogen-bond acceptors (Lipinski definition) is 15. The van der Waals surface area contributed by atoms with Gasteiger partial charge in [0, 0.05) is 13.1 Å². The van der Waals surface area contributed by atoms with Crippen LogP contribution >= 0.6 is 0 Å². The molecule has 4 atom stereocenters. The molecule has 0 aliphatic carbocycles. The molecule has 0 aliphatic heterocycles. The van der Waals surface area contributed by atoms with Crippen molar-refractivity contribution in [3.05, 3.63) is 25.3 Å². The first-order valence-corrected chi connectivity index (χ1v) is 15.6. The summed E-state index contributed by atoms with van der Waals surface area (Å²) in [6.45, 7) is 6.31. The monoisotopic (exact) mass is 740 g/mol. The Kier molecular flexibility index (Phi) is 22.8. The van der Waals surface area contributed by atoms with Gasteiger partial charge in [0.05, 0.1) is 6.42 Å². The van der Waals surface area contributed by atoms with E-state index in [2.05, 4.69) is 45.1 Å². The molecule has 0 aromatic rings. The number of rotatable bonds is 26. The smallest absolute Gasteiger partial charge is 0.331 e. The molecule has 52 heavy (non-hydrogen) atoms. The standard InChI is InChI=1S/C30H48N10O12/c1-5-7-18(35-4)25(45)49-15-50-26(46)19(8-6-2)38-23(43)14-24(44)40-21(10-12-37-30(33)34)28(48)52-16-51-27(47)20(9-11-36-29(31)32)39-22(42)13-17(3)41/h5-6,18-21,35H,1-2,7-16H2,3-4H3,(H,38,43)(H,39,42)(H,40,44)(H4,31,32,36)(H4,33,34,37). The van der Waals surface area contributed by atoms with Crippen molar-refractivity contribution in [1.29, 1.82) is 10.8 Å². The summed E-state index contributed by atoms with van der Waals surface area (Å²) in [7, 11) is 1.53. The minimum Gasteiger partial charge on any atom is -0.427 e. The lowest BCUT2D eigenvalue weighted by Gasteiger charge is -2.20. The number of guanidine groups is 2. The van der Waals surface area contributed by atoms with E-state index in [-0.39, 0.29) is 38.8 Å². The largest absolute Gasteiger partial charge is 0.427 e. The van der Waals surface area contributed by atoms with Gasteiger partial charge in [-0.1, -0.05) is 12.2 Å². The fraction of sp³-hybridized carbons (Fsp3) is 0.533. The zero-order chi connectivity index (χ0) is 39.6. The van der Waals surface area contributed by atoms with Crippen molar-refractivity contribution in [3.63, 3.8) is 0 Å². The number of amides is 3. The molecule has 0 saturated heterocycles. The molecule has 0 rings (SSSR count). The fourth-order valence-electron chi connectivity index (χ4n) is 3.88. The third-order valence-corrected chi connectivity index (χ3v) is 6.33. The van der Waals surface area contributed by atoms with Crippen LogP contribution in [0.5, 0.6) is 0 Å². The van der Waals surface area contributed by atoms with E-state index in [4.69, 9.17) is 41.2 Å². The Labute approximate surface area is 299 Å². The summed E-state index contributed by atoms with van der Waals surface area (Å²) < 4.78 is 19.7. The van der Waals surface area contributed by atoms with Crippen LogP contribution in [-0.4, -0.2) is 117 Å². The minimum absolute atomic E-state index is 0.0429. The number of likely N-dealkylation sites (N-methyl/N-ethyl adjacent to an activating group) is 1. The first-order valence-electron chi connectivity index (χ1n) is 15.6. The van der Waals surface area contributed by atoms with Gasteiger partial charge >= 0.3 is 23.9 Å². The number of carbonyl (C=O) groups excluding carboxylic acids is 8. The number of ether oxygens (including phenoxy) is 4. The second-order valence-corrected chi connectivity index (χ2v) is 10.7. The highest BCUT2D eigenvalue weighted by molar-refractivity contribution is 6.00. The molecule has 0 bridgehead atoms. The van der Waals surface area contributed by atoms with Crippen LogP contribution in [0.4, 0.5) is 0 Å². The molecule has 290 valence electrons. The van der Waals surface area contributed by atoms with Crippen LogP contribution in [0.3, 0.4) is 0 Å². The van der Waals surface area contributed by atoms with Crippen molar-refractivity contribution in [2.75, 3.05) is 33.7 Å². The lowest BCUT2D eigenvalue weighted by atomic mass is 10.2. The Morgan fingerprint density at radius 2 is 0.962 bits per heavy atom. The number of esters is 4.